The third-order valence-electron chi connectivity index (χ3n) is 2.74. The summed E-state index contributed by atoms with van der Waals surface area (Å²) in [6.07, 6.45) is 1.20. The summed E-state index contributed by atoms with van der Waals surface area (Å²) in [6.45, 7) is 4.84. The van der Waals surface area contributed by atoms with E-state index in [9.17, 15) is 0 Å². The van der Waals surface area contributed by atoms with Crippen molar-refractivity contribution < 1.29 is 18.9 Å². The zero-order valence-corrected chi connectivity index (χ0v) is 11.6. The average molecular weight is 281 g/mol. The Hall–Kier alpha value is -0.980. The molecule has 20 heavy (non-hydrogen) atoms. The molecule has 2 N–H and O–H groups in total. The Bertz CT molecular complexity index is 298. The van der Waals surface area contributed by atoms with Crippen LogP contribution in [0, 0.1) is 0 Å². The first-order valence-electron chi connectivity index (χ1n) is 7.01. The first kappa shape index (κ1) is 15.4. The van der Waals surface area contributed by atoms with Crippen molar-refractivity contribution in [1.82, 2.24) is 0 Å². The van der Waals surface area contributed by atoms with Crippen LogP contribution in [0.25, 0.3) is 0 Å². The number of hydrogen-bond donors (Lipinski definition) is 1. The van der Waals surface area contributed by atoms with Crippen LogP contribution >= 0.6 is 0 Å². The Morgan fingerprint density at radius 2 is 1.10 bits per heavy atom. The number of benzene rings is 1. The van der Waals surface area contributed by atoms with Crippen LogP contribution in [0.1, 0.15) is 0 Å². The standard InChI is InChI=1S/C6H10O3.C6H6.C3H7NO/c1(5-3-8-5)7-2-6-4-9-6;1-2-4-6-5-3-1;4-1-3-2-5-3/h5-6H,1-4H2;1-6H;3H,1-2,4H2. The summed E-state index contributed by atoms with van der Waals surface area (Å²) in [5.74, 6) is 0. The minimum Gasteiger partial charge on any atom is -0.376 e. The van der Waals surface area contributed by atoms with Gasteiger partial charge in [0.05, 0.1) is 39.1 Å². The second-order valence-corrected chi connectivity index (χ2v) is 4.79. The van der Waals surface area contributed by atoms with E-state index >= 15 is 0 Å². The molecule has 0 spiro atoms. The van der Waals surface area contributed by atoms with Gasteiger partial charge >= 0.3 is 0 Å². The predicted molar refractivity (Wildman–Crippen MR) is 75.5 cm³/mol. The molecule has 5 nitrogen and oxygen atoms in total. The van der Waals surface area contributed by atoms with Crippen LogP contribution in [0.2, 0.25) is 0 Å². The van der Waals surface area contributed by atoms with Crippen molar-refractivity contribution in [1.29, 1.82) is 0 Å². The summed E-state index contributed by atoms with van der Waals surface area (Å²) in [5, 5.41) is 0. The first-order valence-corrected chi connectivity index (χ1v) is 7.01. The van der Waals surface area contributed by atoms with Gasteiger partial charge in [0.1, 0.15) is 12.2 Å². The lowest BCUT2D eigenvalue weighted by Crippen LogP contribution is -2.06. The highest BCUT2D eigenvalue weighted by Gasteiger charge is 2.26. The van der Waals surface area contributed by atoms with Crippen LogP contribution in [0.4, 0.5) is 0 Å². The SMILES string of the molecule is C(OCC1CO1)C1CO1.NCC1CO1.c1ccccc1. The van der Waals surface area contributed by atoms with Gasteiger partial charge in [-0.2, -0.15) is 0 Å². The van der Waals surface area contributed by atoms with Gasteiger partial charge < -0.3 is 24.7 Å². The average Bonchev–Trinajstić information content (AvgIpc) is 3.37. The second-order valence-electron chi connectivity index (χ2n) is 4.79. The van der Waals surface area contributed by atoms with Crippen molar-refractivity contribution in [3.05, 3.63) is 36.4 Å². The Kier molecular flexibility index (Phi) is 6.97. The molecule has 3 aliphatic heterocycles. The van der Waals surface area contributed by atoms with Gasteiger partial charge in [0, 0.05) is 6.54 Å². The summed E-state index contributed by atoms with van der Waals surface area (Å²) in [7, 11) is 0. The van der Waals surface area contributed by atoms with E-state index in [1.54, 1.807) is 0 Å². The van der Waals surface area contributed by atoms with Gasteiger partial charge in [-0.25, -0.2) is 0 Å². The third kappa shape index (κ3) is 9.01. The van der Waals surface area contributed by atoms with Gasteiger partial charge in [0.2, 0.25) is 0 Å². The molecular weight excluding hydrogens is 258 g/mol. The lowest BCUT2D eigenvalue weighted by molar-refractivity contribution is 0.102. The number of rotatable bonds is 5. The maximum Gasteiger partial charge on any atom is 0.104 e. The molecule has 5 heteroatoms. The minimum absolute atomic E-state index is 0.392. The van der Waals surface area contributed by atoms with E-state index in [1.165, 1.54) is 0 Å². The van der Waals surface area contributed by atoms with E-state index < -0.39 is 0 Å². The summed E-state index contributed by atoms with van der Waals surface area (Å²) in [6, 6.07) is 12.0. The van der Waals surface area contributed by atoms with E-state index in [2.05, 4.69) is 0 Å². The Morgan fingerprint density at radius 1 is 0.750 bits per heavy atom. The smallest absolute Gasteiger partial charge is 0.104 e. The molecule has 3 saturated heterocycles. The van der Waals surface area contributed by atoms with Crippen molar-refractivity contribution in [3.8, 4) is 0 Å². The molecule has 3 unspecified atom stereocenters. The maximum absolute atomic E-state index is 5.23. The Morgan fingerprint density at radius 3 is 1.30 bits per heavy atom. The normalized spacial score (nSPS) is 28.4. The molecule has 4 rings (SSSR count). The van der Waals surface area contributed by atoms with Crippen molar-refractivity contribution in [2.75, 3.05) is 39.6 Å². The quantitative estimate of drug-likeness (QED) is 0.809. The summed E-state index contributed by atoms with van der Waals surface area (Å²) in [4.78, 5) is 0. The van der Waals surface area contributed by atoms with Crippen molar-refractivity contribution in [2.45, 2.75) is 18.3 Å². The molecule has 3 aliphatic rings. The molecule has 1 aromatic rings. The van der Waals surface area contributed by atoms with Crippen molar-refractivity contribution in [2.24, 2.45) is 5.73 Å². The number of hydrogen-bond acceptors (Lipinski definition) is 5. The minimum atomic E-state index is 0.392. The van der Waals surface area contributed by atoms with Crippen LogP contribution < -0.4 is 5.73 Å². The second kappa shape index (κ2) is 9.05. The van der Waals surface area contributed by atoms with Crippen molar-refractivity contribution >= 4 is 0 Å². The molecule has 0 aliphatic carbocycles. The highest BCUT2D eigenvalue weighted by atomic mass is 16.6. The largest absolute Gasteiger partial charge is 0.376 e. The van der Waals surface area contributed by atoms with E-state index in [0.29, 0.717) is 24.9 Å². The van der Waals surface area contributed by atoms with Gasteiger partial charge in [-0.05, 0) is 0 Å². The monoisotopic (exact) mass is 281 g/mol. The zero-order chi connectivity index (χ0) is 14.0. The van der Waals surface area contributed by atoms with Gasteiger partial charge in [0.25, 0.3) is 0 Å². The summed E-state index contributed by atoms with van der Waals surface area (Å²) >= 11 is 0. The maximum atomic E-state index is 5.23. The molecular formula is C15H23NO4. The van der Waals surface area contributed by atoms with Crippen molar-refractivity contribution in [3.63, 3.8) is 0 Å². The fourth-order valence-electron chi connectivity index (χ4n) is 1.25. The number of ether oxygens (including phenoxy) is 4. The molecule has 3 heterocycles. The molecule has 1 aromatic carbocycles. The fraction of sp³-hybridized carbons (Fsp3) is 0.600. The Labute approximate surface area is 120 Å². The van der Waals surface area contributed by atoms with Gasteiger partial charge in [-0.1, -0.05) is 36.4 Å². The van der Waals surface area contributed by atoms with E-state index in [0.717, 1.165) is 33.0 Å². The molecule has 0 saturated carbocycles. The Balaban J connectivity index is 0.000000117. The molecule has 0 radical (unpaired) electrons. The highest BCUT2D eigenvalue weighted by Crippen LogP contribution is 2.12. The lowest BCUT2D eigenvalue weighted by Gasteiger charge is -1.95. The number of epoxide rings is 3. The molecule has 3 atom stereocenters. The fourth-order valence-corrected chi connectivity index (χ4v) is 1.25. The lowest BCUT2D eigenvalue weighted by atomic mass is 10.4. The van der Waals surface area contributed by atoms with E-state index in [4.69, 9.17) is 24.7 Å². The van der Waals surface area contributed by atoms with Crippen LogP contribution in [0.5, 0.6) is 0 Å². The van der Waals surface area contributed by atoms with Gasteiger partial charge in [-0.3, -0.25) is 0 Å². The van der Waals surface area contributed by atoms with Crippen LogP contribution in [0.15, 0.2) is 36.4 Å². The highest BCUT2D eigenvalue weighted by molar-refractivity contribution is 4.99. The first-order chi connectivity index (χ1) is 9.88. The van der Waals surface area contributed by atoms with Gasteiger partial charge in [-0.15, -0.1) is 0 Å². The van der Waals surface area contributed by atoms with Crippen LogP contribution in [-0.2, 0) is 18.9 Å². The summed E-state index contributed by atoms with van der Waals surface area (Å²) < 4.78 is 19.9. The van der Waals surface area contributed by atoms with E-state index in [1.807, 2.05) is 36.4 Å². The molecule has 3 fully saturated rings. The molecule has 0 aromatic heterocycles. The molecule has 0 amide bonds. The molecule has 112 valence electrons. The zero-order valence-electron chi connectivity index (χ0n) is 11.6. The van der Waals surface area contributed by atoms with Gasteiger partial charge in [0.15, 0.2) is 0 Å². The third-order valence-corrected chi connectivity index (χ3v) is 2.74. The number of nitrogens with two attached hydrogens (primary N) is 1. The van der Waals surface area contributed by atoms with E-state index in [-0.39, 0.29) is 0 Å². The van der Waals surface area contributed by atoms with Crippen LogP contribution in [-0.4, -0.2) is 57.9 Å². The topological polar surface area (TPSA) is 72.8 Å². The van der Waals surface area contributed by atoms with Crippen LogP contribution in [0.3, 0.4) is 0 Å². The molecule has 0 bridgehead atoms. The predicted octanol–water partition coefficient (Wildman–Crippen LogP) is 0.831. The summed E-state index contributed by atoms with van der Waals surface area (Å²) in [5.41, 5.74) is 5.11.